The Hall–Kier alpha value is 0.0103. The molecule has 0 atom stereocenters. The van der Waals surface area contributed by atoms with Gasteiger partial charge in [0.2, 0.25) is 0 Å². The molecule has 0 aromatic rings. The number of carbonyl (C=O) groups excluding carboxylic acids is 1. The Bertz CT molecular complexity index is 83.0. The van der Waals surface area contributed by atoms with Crippen LogP contribution in [0.1, 0.15) is 13.8 Å². The van der Waals surface area contributed by atoms with Gasteiger partial charge in [0.15, 0.2) is 0 Å². The van der Waals surface area contributed by atoms with E-state index in [9.17, 15) is 9.90 Å². The first-order chi connectivity index (χ1) is 3.72. The average molecular weight is 224 g/mol. The minimum absolute atomic E-state index is 0. The zero-order valence-electron chi connectivity index (χ0n) is 5.48. The van der Waals surface area contributed by atoms with E-state index < -0.39 is 6.09 Å². The Balaban J connectivity index is 0. The third-order valence-corrected chi connectivity index (χ3v) is 1.02. The summed E-state index contributed by atoms with van der Waals surface area (Å²) in [6.07, 6.45) is -1.09. The molecule has 0 fully saturated rings. The fourth-order valence-electron chi connectivity index (χ4n) is 0.482. The van der Waals surface area contributed by atoms with E-state index in [1.807, 2.05) is 0 Å². The van der Waals surface area contributed by atoms with Crippen LogP contribution in [0.25, 0.3) is 0 Å². The number of nitrogens with zero attached hydrogens (tertiary/aromatic N) is 1. The van der Waals surface area contributed by atoms with E-state index in [0.29, 0.717) is 13.1 Å². The Morgan fingerprint density at radius 3 is 1.78 bits per heavy atom. The predicted molar refractivity (Wildman–Crippen MR) is 28.3 cm³/mol. The summed E-state index contributed by atoms with van der Waals surface area (Å²) in [4.78, 5) is 11.2. The van der Waals surface area contributed by atoms with Gasteiger partial charge in [-0.3, -0.25) is 0 Å². The van der Waals surface area contributed by atoms with Crippen molar-refractivity contribution in [1.29, 1.82) is 0 Å². The number of hydrogen-bond acceptors (Lipinski definition) is 2. The van der Waals surface area contributed by atoms with Crippen LogP contribution in [0.3, 0.4) is 0 Å². The molecule has 4 heteroatoms. The molecule has 0 saturated carbocycles. The fourth-order valence-corrected chi connectivity index (χ4v) is 0.482. The van der Waals surface area contributed by atoms with Gasteiger partial charge in [-0.1, -0.05) is 0 Å². The van der Waals surface area contributed by atoms with E-state index in [0.717, 1.165) is 0 Å². The van der Waals surface area contributed by atoms with Crippen molar-refractivity contribution >= 4 is 6.09 Å². The molecule has 0 heterocycles. The topological polar surface area (TPSA) is 43.4 Å². The SMILES string of the molecule is CCN(CC)C(=O)[O-].[Ag+]. The molecule has 0 aromatic carbocycles. The molecule has 58 valence electrons. The average Bonchev–Trinajstić information content (AvgIpc) is 1.69. The van der Waals surface area contributed by atoms with Crippen molar-refractivity contribution in [3.05, 3.63) is 0 Å². The van der Waals surface area contributed by atoms with Crippen LogP contribution in [-0.4, -0.2) is 24.1 Å². The quantitative estimate of drug-likeness (QED) is 0.602. The number of amides is 1. The van der Waals surface area contributed by atoms with Gasteiger partial charge in [0.1, 0.15) is 6.09 Å². The third-order valence-electron chi connectivity index (χ3n) is 1.02. The fraction of sp³-hybridized carbons (Fsp3) is 0.800. The molecule has 0 N–H and O–H groups in total. The van der Waals surface area contributed by atoms with Crippen molar-refractivity contribution < 1.29 is 32.3 Å². The van der Waals surface area contributed by atoms with Crippen molar-refractivity contribution in [3.63, 3.8) is 0 Å². The molecule has 0 spiro atoms. The van der Waals surface area contributed by atoms with Crippen molar-refractivity contribution in [2.75, 3.05) is 13.1 Å². The molecule has 0 saturated heterocycles. The molecule has 1 amide bonds. The van der Waals surface area contributed by atoms with Crippen molar-refractivity contribution in [3.8, 4) is 0 Å². The van der Waals surface area contributed by atoms with Crippen LogP contribution < -0.4 is 5.11 Å². The maximum absolute atomic E-state index is 9.98. The third kappa shape index (κ3) is 4.51. The Labute approximate surface area is 70.5 Å². The van der Waals surface area contributed by atoms with Gasteiger partial charge in [0, 0.05) is 13.1 Å². The smallest absolute Gasteiger partial charge is 0.530 e. The van der Waals surface area contributed by atoms with E-state index in [-0.39, 0.29) is 22.4 Å². The summed E-state index contributed by atoms with van der Waals surface area (Å²) in [5, 5.41) is 9.98. The summed E-state index contributed by atoms with van der Waals surface area (Å²) in [6.45, 7) is 4.58. The van der Waals surface area contributed by atoms with Crippen LogP contribution in [0.2, 0.25) is 0 Å². The largest absolute Gasteiger partial charge is 1.00 e. The van der Waals surface area contributed by atoms with Crippen LogP contribution in [0.4, 0.5) is 4.79 Å². The normalized spacial score (nSPS) is 7.78. The van der Waals surface area contributed by atoms with Crippen LogP contribution in [0.5, 0.6) is 0 Å². The first-order valence-electron chi connectivity index (χ1n) is 2.68. The zero-order valence-corrected chi connectivity index (χ0v) is 6.96. The minimum Gasteiger partial charge on any atom is -0.530 e. The van der Waals surface area contributed by atoms with Gasteiger partial charge < -0.3 is 14.8 Å². The van der Waals surface area contributed by atoms with Crippen LogP contribution in [0, 0.1) is 0 Å². The molecular formula is C5H10AgNO2. The van der Waals surface area contributed by atoms with Crippen LogP contribution in [-0.2, 0) is 22.4 Å². The molecule has 0 aliphatic rings. The van der Waals surface area contributed by atoms with Gasteiger partial charge >= 0.3 is 22.4 Å². The second kappa shape index (κ2) is 6.14. The maximum Gasteiger partial charge on any atom is 1.00 e. The molecule has 0 bridgehead atoms. The summed E-state index contributed by atoms with van der Waals surface area (Å²) in [5.74, 6) is 0. The van der Waals surface area contributed by atoms with Gasteiger partial charge in [-0.15, -0.1) is 0 Å². The molecule has 0 aliphatic carbocycles. The summed E-state index contributed by atoms with van der Waals surface area (Å²) < 4.78 is 0. The van der Waals surface area contributed by atoms with E-state index in [4.69, 9.17) is 0 Å². The Kier molecular flexibility index (Phi) is 8.02. The Morgan fingerprint density at radius 2 is 1.78 bits per heavy atom. The molecular weight excluding hydrogens is 214 g/mol. The summed E-state index contributed by atoms with van der Waals surface area (Å²) in [6, 6.07) is 0. The Morgan fingerprint density at radius 1 is 1.44 bits per heavy atom. The maximum atomic E-state index is 9.98. The molecule has 3 nitrogen and oxygen atoms in total. The van der Waals surface area contributed by atoms with E-state index >= 15 is 0 Å². The van der Waals surface area contributed by atoms with Gasteiger partial charge in [-0.05, 0) is 13.8 Å². The summed E-state index contributed by atoms with van der Waals surface area (Å²) >= 11 is 0. The van der Waals surface area contributed by atoms with Gasteiger partial charge in [0.25, 0.3) is 0 Å². The van der Waals surface area contributed by atoms with Crippen molar-refractivity contribution in [1.82, 2.24) is 4.90 Å². The summed E-state index contributed by atoms with van der Waals surface area (Å²) in [7, 11) is 0. The number of carboxylic acid groups (broad SMARTS) is 1. The molecule has 0 radical (unpaired) electrons. The zero-order chi connectivity index (χ0) is 6.57. The van der Waals surface area contributed by atoms with Crippen LogP contribution in [0.15, 0.2) is 0 Å². The first kappa shape index (κ1) is 11.8. The van der Waals surface area contributed by atoms with Gasteiger partial charge in [-0.2, -0.15) is 0 Å². The minimum atomic E-state index is -1.09. The number of carbonyl (C=O) groups is 1. The molecule has 0 unspecified atom stereocenters. The molecule has 0 aromatic heterocycles. The summed E-state index contributed by atoms with van der Waals surface area (Å²) in [5.41, 5.74) is 0. The second-order valence-corrected chi connectivity index (χ2v) is 1.44. The molecule has 0 aliphatic heterocycles. The molecule has 9 heavy (non-hydrogen) atoms. The van der Waals surface area contributed by atoms with Gasteiger partial charge in [0.05, 0.1) is 0 Å². The van der Waals surface area contributed by atoms with Crippen molar-refractivity contribution in [2.45, 2.75) is 13.8 Å². The predicted octanol–water partition coefficient (Wildman–Crippen LogP) is -0.331. The first-order valence-corrected chi connectivity index (χ1v) is 2.68. The standard InChI is InChI=1S/C5H11NO2.Ag/c1-3-6(4-2)5(7)8;/h3-4H2,1-2H3,(H,7,8);/q;+1/p-1. The monoisotopic (exact) mass is 223 g/mol. The van der Waals surface area contributed by atoms with Gasteiger partial charge in [-0.25, -0.2) is 0 Å². The van der Waals surface area contributed by atoms with Crippen molar-refractivity contribution in [2.24, 2.45) is 0 Å². The van der Waals surface area contributed by atoms with E-state index in [1.54, 1.807) is 13.8 Å². The second-order valence-electron chi connectivity index (χ2n) is 1.44. The van der Waals surface area contributed by atoms with Crippen LogP contribution >= 0.6 is 0 Å². The van der Waals surface area contributed by atoms with E-state index in [1.165, 1.54) is 4.90 Å². The molecule has 0 rings (SSSR count). The number of hydrogen-bond donors (Lipinski definition) is 0. The number of rotatable bonds is 2. The van der Waals surface area contributed by atoms with E-state index in [2.05, 4.69) is 0 Å².